The standard InChI is InChI=1S/C29H35N3O4/c1-28(2,3)36-27(34)32-19-29(13-4-5-14-29)23-9-7-21(8-10-23)26(33)31-15-12-22-18-35-25-11-6-20(17-30)16-24(22)25/h6-11,16,22H,4-5,12-15,18-19H2,1-3H3,(H,31,33)(H,32,34). The molecule has 2 aromatic carbocycles. The number of amides is 2. The molecule has 0 spiro atoms. The van der Waals surface area contributed by atoms with E-state index in [1.807, 2.05) is 57.2 Å². The van der Waals surface area contributed by atoms with E-state index in [0.717, 1.165) is 49.0 Å². The normalized spacial score (nSPS) is 18.0. The van der Waals surface area contributed by atoms with Crippen molar-refractivity contribution in [3.05, 3.63) is 64.7 Å². The van der Waals surface area contributed by atoms with Crippen LogP contribution >= 0.6 is 0 Å². The molecule has 1 aliphatic heterocycles. The molecule has 2 aromatic rings. The summed E-state index contributed by atoms with van der Waals surface area (Å²) in [6.07, 6.45) is 4.55. The Balaban J connectivity index is 1.32. The second kappa shape index (κ2) is 10.6. The van der Waals surface area contributed by atoms with Crippen LogP contribution in [0.3, 0.4) is 0 Å². The minimum Gasteiger partial charge on any atom is -0.493 e. The number of nitrogens with zero attached hydrogens (tertiary/aromatic N) is 1. The molecule has 0 aromatic heterocycles. The van der Waals surface area contributed by atoms with Crippen LogP contribution in [0.1, 0.15) is 85.8 Å². The molecular formula is C29H35N3O4. The number of benzene rings is 2. The second-order valence-electron chi connectivity index (χ2n) is 10.8. The molecule has 1 unspecified atom stereocenters. The lowest BCUT2D eigenvalue weighted by atomic mass is 9.78. The van der Waals surface area contributed by atoms with Crippen molar-refractivity contribution in [2.24, 2.45) is 0 Å². The zero-order valence-electron chi connectivity index (χ0n) is 21.4. The molecule has 0 saturated heterocycles. The highest BCUT2D eigenvalue weighted by molar-refractivity contribution is 5.94. The van der Waals surface area contributed by atoms with E-state index in [0.29, 0.717) is 30.8 Å². The lowest BCUT2D eigenvalue weighted by Gasteiger charge is -2.31. The van der Waals surface area contributed by atoms with Crippen molar-refractivity contribution in [3.63, 3.8) is 0 Å². The van der Waals surface area contributed by atoms with E-state index in [9.17, 15) is 9.59 Å². The molecule has 7 heteroatoms. The Kier molecular flexibility index (Phi) is 7.53. The monoisotopic (exact) mass is 489 g/mol. The number of ether oxygens (including phenoxy) is 2. The van der Waals surface area contributed by atoms with Gasteiger partial charge < -0.3 is 20.1 Å². The molecule has 1 aliphatic carbocycles. The van der Waals surface area contributed by atoms with Crippen LogP contribution in [0, 0.1) is 11.3 Å². The van der Waals surface area contributed by atoms with E-state index < -0.39 is 11.7 Å². The summed E-state index contributed by atoms with van der Waals surface area (Å²) in [4.78, 5) is 25.0. The molecule has 0 radical (unpaired) electrons. The van der Waals surface area contributed by atoms with Gasteiger partial charge in [-0.2, -0.15) is 5.26 Å². The number of carbonyl (C=O) groups excluding carboxylic acids is 2. The highest BCUT2D eigenvalue weighted by atomic mass is 16.6. The fourth-order valence-corrected chi connectivity index (χ4v) is 5.20. The van der Waals surface area contributed by atoms with Crippen molar-refractivity contribution < 1.29 is 19.1 Å². The Bertz CT molecular complexity index is 1140. The molecule has 7 nitrogen and oxygen atoms in total. The van der Waals surface area contributed by atoms with Gasteiger partial charge >= 0.3 is 6.09 Å². The van der Waals surface area contributed by atoms with Crippen LogP contribution in [-0.2, 0) is 10.2 Å². The molecular weight excluding hydrogens is 454 g/mol. The van der Waals surface area contributed by atoms with Gasteiger partial charge in [0.1, 0.15) is 11.4 Å². The number of hydrogen-bond donors (Lipinski definition) is 2. The lowest BCUT2D eigenvalue weighted by Crippen LogP contribution is -2.41. The van der Waals surface area contributed by atoms with Gasteiger partial charge in [-0.3, -0.25) is 4.79 Å². The number of rotatable bonds is 7. The van der Waals surface area contributed by atoms with E-state index in [-0.39, 0.29) is 17.2 Å². The predicted octanol–water partition coefficient (Wildman–Crippen LogP) is 5.19. The molecule has 1 atom stereocenters. The van der Waals surface area contributed by atoms with Gasteiger partial charge in [-0.25, -0.2) is 4.79 Å². The highest BCUT2D eigenvalue weighted by Gasteiger charge is 2.36. The summed E-state index contributed by atoms with van der Waals surface area (Å²) in [5.74, 6) is 0.873. The molecule has 36 heavy (non-hydrogen) atoms. The number of fused-ring (bicyclic) bond motifs is 1. The third-order valence-corrected chi connectivity index (χ3v) is 7.09. The highest BCUT2D eigenvalue weighted by Crippen LogP contribution is 2.41. The molecule has 190 valence electrons. The Hall–Kier alpha value is -3.53. The van der Waals surface area contributed by atoms with Crippen molar-refractivity contribution in [2.45, 2.75) is 69.8 Å². The first-order valence-electron chi connectivity index (χ1n) is 12.7. The largest absolute Gasteiger partial charge is 0.493 e. The first-order chi connectivity index (χ1) is 17.2. The first-order valence-corrected chi connectivity index (χ1v) is 12.7. The number of carbonyl (C=O) groups is 2. The van der Waals surface area contributed by atoms with Crippen molar-refractivity contribution in [1.29, 1.82) is 5.26 Å². The summed E-state index contributed by atoms with van der Waals surface area (Å²) in [6.45, 7) is 7.17. The van der Waals surface area contributed by atoms with Crippen LogP contribution in [0.15, 0.2) is 42.5 Å². The molecule has 1 saturated carbocycles. The summed E-state index contributed by atoms with van der Waals surface area (Å²) < 4.78 is 11.1. The Morgan fingerprint density at radius 3 is 2.50 bits per heavy atom. The zero-order valence-corrected chi connectivity index (χ0v) is 21.4. The van der Waals surface area contributed by atoms with Crippen LogP contribution < -0.4 is 15.4 Å². The minimum atomic E-state index is -0.532. The van der Waals surface area contributed by atoms with Gasteiger partial charge in [-0.05, 0) is 75.9 Å². The predicted molar refractivity (Wildman–Crippen MR) is 137 cm³/mol. The van der Waals surface area contributed by atoms with Gasteiger partial charge in [-0.1, -0.05) is 25.0 Å². The van der Waals surface area contributed by atoms with Crippen molar-refractivity contribution in [2.75, 3.05) is 19.7 Å². The van der Waals surface area contributed by atoms with Crippen molar-refractivity contribution in [3.8, 4) is 11.8 Å². The average Bonchev–Trinajstić information content (AvgIpc) is 3.49. The lowest BCUT2D eigenvalue weighted by molar-refractivity contribution is 0.0514. The maximum absolute atomic E-state index is 12.8. The number of alkyl carbamates (subject to hydrolysis) is 1. The van der Waals surface area contributed by atoms with Gasteiger partial charge in [0.25, 0.3) is 5.91 Å². The second-order valence-corrected chi connectivity index (χ2v) is 10.8. The van der Waals surface area contributed by atoms with Gasteiger partial charge in [0.15, 0.2) is 0 Å². The molecule has 4 rings (SSSR count). The van der Waals surface area contributed by atoms with Crippen molar-refractivity contribution >= 4 is 12.0 Å². The van der Waals surface area contributed by atoms with Crippen LogP contribution in [0.4, 0.5) is 4.79 Å². The summed E-state index contributed by atoms with van der Waals surface area (Å²) in [6, 6.07) is 15.4. The third-order valence-electron chi connectivity index (χ3n) is 7.09. The smallest absolute Gasteiger partial charge is 0.407 e. The molecule has 0 bridgehead atoms. The summed E-state index contributed by atoms with van der Waals surface area (Å²) in [5, 5.41) is 15.1. The van der Waals surface area contributed by atoms with E-state index in [1.54, 1.807) is 6.07 Å². The van der Waals surface area contributed by atoms with Crippen LogP contribution in [-0.4, -0.2) is 37.3 Å². The van der Waals surface area contributed by atoms with Gasteiger partial charge in [0.05, 0.1) is 18.2 Å². The third kappa shape index (κ3) is 5.99. The van der Waals surface area contributed by atoms with Crippen LogP contribution in [0.2, 0.25) is 0 Å². The quantitative estimate of drug-likeness (QED) is 0.557. The van der Waals surface area contributed by atoms with E-state index in [4.69, 9.17) is 14.7 Å². The Morgan fingerprint density at radius 2 is 1.83 bits per heavy atom. The number of hydrogen-bond acceptors (Lipinski definition) is 5. The maximum Gasteiger partial charge on any atom is 0.407 e. The van der Waals surface area contributed by atoms with Gasteiger partial charge in [-0.15, -0.1) is 0 Å². The van der Waals surface area contributed by atoms with Crippen LogP contribution in [0.5, 0.6) is 5.75 Å². The molecule has 2 amide bonds. The zero-order chi connectivity index (χ0) is 25.8. The van der Waals surface area contributed by atoms with E-state index in [2.05, 4.69) is 16.7 Å². The summed E-state index contributed by atoms with van der Waals surface area (Å²) in [5.41, 5.74) is 2.74. The summed E-state index contributed by atoms with van der Waals surface area (Å²) in [7, 11) is 0. The van der Waals surface area contributed by atoms with E-state index >= 15 is 0 Å². The molecule has 2 N–H and O–H groups in total. The fraction of sp³-hybridized carbons (Fsp3) is 0.483. The number of nitriles is 1. The molecule has 1 heterocycles. The Labute approximate surface area is 213 Å². The van der Waals surface area contributed by atoms with Gasteiger partial charge in [0, 0.05) is 35.5 Å². The topological polar surface area (TPSA) is 100 Å². The van der Waals surface area contributed by atoms with Crippen molar-refractivity contribution in [1.82, 2.24) is 10.6 Å². The fourth-order valence-electron chi connectivity index (χ4n) is 5.20. The van der Waals surface area contributed by atoms with E-state index in [1.165, 1.54) is 0 Å². The first kappa shape index (κ1) is 25.6. The maximum atomic E-state index is 12.8. The van der Waals surface area contributed by atoms with Gasteiger partial charge in [0.2, 0.25) is 0 Å². The molecule has 2 aliphatic rings. The SMILES string of the molecule is CC(C)(C)OC(=O)NCC1(c2ccc(C(=O)NCCC3COc4ccc(C#N)cc43)cc2)CCCC1. The average molecular weight is 490 g/mol. The Morgan fingerprint density at radius 1 is 1.11 bits per heavy atom. The molecule has 1 fully saturated rings. The van der Waals surface area contributed by atoms with Crippen LogP contribution in [0.25, 0.3) is 0 Å². The summed E-state index contributed by atoms with van der Waals surface area (Å²) >= 11 is 0. The number of nitrogens with one attached hydrogen (secondary N) is 2. The minimum absolute atomic E-state index is 0.112.